The van der Waals surface area contributed by atoms with Gasteiger partial charge in [-0.1, -0.05) is 37.0 Å². The summed E-state index contributed by atoms with van der Waals surface area (Å²) in [5.74, 6) is -1.37. The van der Waals surface area contributed by atoms with Gasteiger partial charge >= 0.3 is 16.2 Å². The van der Waals surface area contributed by atoms with Gasteiger partial charge in [-0.15, -0.1) is 0 Å². The molecule has 0 spiro atoms. The van der Waals surface area contributed by atoms with E-state index in [2.05, 4.69) is 4.72 Å². The Bertz CT molecular complexity index is 615. The van der Waals surface area contributed by atoms with E-state index in [4.69, 9.17) is 28.3 Å². The molecular weight excluding hydrogens is 327 g/mol. The maximum absolute atomic E-state index is 12.1. The summed E-state index contributed by atoms with van der Waals surface area (Å²) in [5.41, 5.74) is -0.617. The number of carboxylic acid groups (broad SMARTS) is 1. The van der Waals surface area contributed by atoms with Crippen LogP contribution in [0.4, 0.5) is 5.69 Å². The summed E-state index contributed by atoms with van der Waals surface area (Å²) in [6.07, 6.45) is 0. The van der Waals surface area contributed by atoms with Crippen LogP contribution in [0.15, 0.2) is 12.1 Å². The molecular formula is C11H14Cl2N2O4S. The number of carbonyl (C=O) groups is 1. The van der Waals surface area contributed by atoms with E-state index in [1.54, 1.807) is 13.8 Å². The topological polar surface area (TPSA) is 86.7 Å². The summed E-state index contributed by atoms with van der Waals surface area (Å²) in [6, 6.07) is 2.62. The molecule has 0 aromatic heterocycles. The predicted octanol–water partition coefficient (Wildman–Crippen LogP) is 2.69. The number of halogens is 2. The Morgan fingerprint density at radius 1 is 1.25 bits per heavy atom. The van der Waals surface area contributed by atoms with Gasteiger partial charge in [0.05, 0.1) is 15.7 Å². The Hall–Kier alpha value is -1.02. The molecule has 9 heteroatoms. The van der Waals surface area contributed by atoms with E-state index < -0.39 is 16.2 Å². The van der Waals surface area contributed by atoms with Crippen LogP contribution in [0.25, 0.3) is 0 Å². The first-order valence-corrected chi connectivity index (χ1v) is 7.93. The molecule has 0 atom stereocenters. The highest BCUT2D eigenvalue weighted by Gasteiger charge is 2.25. The highest BCUT2D eigenvalue weighted by atomic mass is 35.5. The van der Waals surface area contributed by atoms with E-state index in [1.807, 2.05) is 0 Å². The minimum atomic E-state index is -3.89. The van der Waals surface area contributed by atoms with Crippen LogP contribution in [-0.2, 0) is 10.2 Å². The third kappa shape index (κ3) is 3.54. The molecule has 0 heterocycles. The summed E-state index contributed by atoms with van der Waals surface area (Å²) in [4.78, 5) is 11.2. The molecule has 0 aliphatic rings. The number of hydrogen-bond donors (Lipinski definition) is 2. The number of anilines is 1. The van der Waals surface area contributed by atoms with Crippen molar-refractivity contribution in [1.29, 1.82) is 0 Å². The largest absolute Gasteiger partial charge is 0.478 e. The standard InChI is InChI=1S/C11H14Cl2N2O4S/c1-3-15(4-2)20(18,19)14-10-8(13)6-5-7(12)9(10)11(16)17/h5-6,14H,3-4H2,1-2H3,(H,16,17). The molecule has 1 aromatic carbocycles. The molecule has 0 amide bonds. The SMILES string of the molecule is CCN(CC)S(=O)(=O)Nc1c(Cl)ccc(Cl)c1C(=O)O. The van der Waals surface area contributed by atoms with Crippen LogP contribution in [0.2, 0.25) is 10.0 Å². The lowest BCUT2D eigenvalue weighted by atomic mass is 10.2. The monoisotopic (exact) mass is 340 g/mol. The number of nitrogens with one attached hydrogen (secondary N) is 1. The number of aromatic carboxylic acids is 1. The Kier molecular flexibility index (Phi) is 5.64. The zero-order valence-electron chi connectivity index (χ0n) is 10.9. The number of nitrogens with zero attached hydrogens (tertiary/aromatic N) is 1. The molecule has 0 unspecified atom stereocenters. The maximum Gasteiger partial charge on any atom is 0.339 e. The second kappa shape index (κ2) is 6.62. The lowest BCUT2D eigenvalue weighted by Crippen LogP contribution is -2.36. The van der Waals surface area contributed by atoms with Crippen molar-refractivity contribution in [3.05, 3.63) is 27.7 Å². The highest BCUT2D eigenvalue weighted by molar-refractivity contribution is 7.90. The van der Waals surface area contributed by atoms with Gasteiger partial charge in [0.25, 0.3) is 0 Å². The summed E-state index contributed by atoms with van der Waals surface area (Å²) < 4.78 is 27.6. The molecule has 0 fully saturated rings. The first kappa shape index (κ1) is 17.0. The minimum absolute atomic E-state index is 0.0393. The third-order valence-corrected chi connectivity index (χ3v) is 4.88. The molecule has 0 radical (unpaired) electrons. The van der Waals surface area contributed by atoms with Crippen molar-refractivity contribution in [3.8, 4) is 0 Å². The van der Waals surface area contributed by atoms with E-state index in [0.29, 0.717) is 0 Å². The van der Waals surface area contributed by atoms with E-state index in [1.165, 1.54) is 12.1 Å². The second-order valence-electron chi connectivity index (χ2n) is 3.78. The number of rotatable bonds is 6. The first-order chi connectivity index (χ1) is 9.24. The zero-order chi connectivity index (χ0) is 15.5. The lowest BCUT2D eigenvalue weighted by molar-refractivity contribution is 0.0698. The van der Waals surface area contributed by atoms with E-state index in [0.717, 1.165) is 4.31 Å². The van der Waals surface area contributed by atoms with Crippen molar-refractivity contribution in [3.63, 3.8) is 0 Å². The normalized spacial score (nSPS) is 11.7. The second-order valence-corrected chi connectivity index (χ2v) is 6.26. The van der Waals surface area contributed by atoms with Crippen LogP contribution in [-0.4, -0.2) is 36.9 Å². The van der Waals surface area contributed by atoms with Gasteiger partial charge in [0.15, 0.2) is 0 Å². The number of benzene rings is 1. The van der Waals surface area contributed by atoms with Gasteiger partial charge in [-0.3, -0.25) is 4.72 Å². The Labute approximate surface area is 127 Å². The maximum atomic E-state index is 12.1. The summed E-state index contributed by atoms with van der Waals surface area (Å²) in [7, 11) is -3.89. The molecule has 0 aliphatic heterocycles. The van der Waals surface area contributed by atoms with E-state index >= 15 is 0 Å². The fourth-order valence-electron chi connectivity index (χ4n) is 1.62. The molecule has 0 saturated carbocycles. The molecule has 112 valence electrons. The molecule has 6 nitrogen and oxygen atoms in total. The molecule has 1 aromatic rings. The van der Waals surface area contributed by atoms with Crippen LogP contribution in [0.1, 0.15) is 24.2 Å². The average molecular weight is 341 g/mol. The van der Waals surface area contributed by atoms with E-state index in [-0.39, 0.29) is 34.4 Å². The lowest BCUT2D eigenvalue weighted by Gasteiger charge is -2.21. The summed E-state index contributed by atoms with van der Waals surface area (Å²) >= 11 is 11.7. The van der Waals surface area contributed by atoms with E-state index in [9.17, 15) is 13.2 Å². The molecule has 0 saturated heterocycles. The number of carboxylic acids is 1. The minimum Gasteiger partial charge on any atom is -0.478 e. The summed E-state index contributed by atoms with van der Waals surface area (Å²) in [5, 5.41) is 8.99. The molecule has 0 bridgehead atoms. The van der Waals surface area contributed by atoms with Gasteiger partial charge < -0.3 is 5.11 Å². The average Bonchev–Trinajstić information content (AvgIpc) is 2.34. The fraction of sp³-hybridized carbons (Fsp3) is 0.364. The van der Waals surface area contributed by atoms with Gasteiger partial charge in [0.2, 0.25) is 0 Å². The van der Waals surface area contributed by atoms with Crippen LogP contribution in [0.5, 0.6) is 0 Å². The van der Waals surface area contributed by atoms with Crippen molar-refractivity contribution in [2.75, 3.05) is 17.8 Å². The van der Waals surface area contributed by atoms with Crippen LogP contribution >= 0.6 is 23.2 Å². The van der Waals surface area contributed by atoms with Crippen LogP contribution in [0.3, 0.4) is 0 Å². The Morgan fingerprint density at radius 2 is 1.75 bits per heavy atom. The van der Waals surface area contributed by atoms with Crippen molar-refractivity contribution < 1.29 is 18.3 Å². The fourth-order valence-corrected chi connectivity index (χ4v) is 3.40. The van der Waals surface area contributed by atoms with Gasteiger partial charge in [-0.2, -0.15) is 12.7 Å². The first-order valence-electron chi connectivity index (χ1n) is 5.73. The van der Waals surface area contributed by atoms with Gasteiger partial charge in [0, 0.05) is 13.1 Å². The smallest absolute Gasteiger partial charge is 0.339 e. The van der Waals surface area contributed by atoms with Crippen molar-refractivity contribution >= 4 is 45.1 Å². The van der Waals surface area contributed by atoms with Gasteiger partial charge in [0.1, 0.15) is 5.56 Å². The molecule has 0 aliphatic carbocycles. The van der Waals surface area contributed by atoms with Gasteiger partial charge in [-0.05, 0) is 12.1 Å². The summed E-state index contributed by atoms with van der Waals surface area (Å²) in [6.45, 7) is 3.82. The third-order valence-electron chi connectivity index (χ3n) is 2.59. The Morgan fingerprint density at radius 3 is 2.20 bits per heavy atom. The van der Waals surface area contributed by atoms with Crippen LogP contribution in [0, 0.1) is 0 Å². The van der Waals surface area contributed by atoms with Gasteiger partial charge in [-0.25, -0.2) is 4.79 Å². The number of hydrogen-bond acceptors (Lipinski definition) is 3. The molecule has 2 N–H and O–H groups in total. The molecule has 20 heavy (non-hydrogen) atoms. The predicted molar refractivity (Wildman–Crippen MR) is 78.9 cm³/mol. The molecule has 1 rings (SSSR count). The van der Waals surface area contributed by atoms with Crippen molar-refractivity contribution in [2.24, 2.45) is 0 Å². The zero-order valence-corrected chi connectivity index (χ0v) is 13.2. The highest BCUT2D eigenvalue weighted by Crippen LogP contribution is 2.32. The van der Waals surface area contributed by atoms with Crippen molar-refractivity contribution in [2.45, 2.75) is 13.8 Å². The Balaban J connectivity index is 3.35. The van der Waals surface area contributed by atoms with Crippen molar-refractivity contribution in [1.82, 2.24) is 4.31 Å². The quantitative estimate of drug-likeness (QED) is 0.833. The van der Waals surface area contributed by atoms with Crippen LogP contribution < -0.4 is 4.72 Å².